The lowest BCUT2D eigenvalue weighted by Crippen LogP contribution is -2.46. The van der Waals surface area contributed by atoms with E-state index in [1.54, 1.807) is 11.1 Å². The molecule has 2 spiro atoms. The zero-order valence-corrected chi connectivity index (χ0v) is 37.3. The second-order valence-corrected chi connectivity index (χ2v) is 20.3. The molecule has 6 atom stereocenters. The molecular weight excluding hydrogens is 783 g/mol. The molecule has 2 saturated carbocycles. The van der Waals surface area contributed by atoms with Crippen LogP contribution in [0, 0.1) is 29.1 Å². The highest BCUT2D eigenvalue weighted by molar-refractivity contribution is 5.99. The van der Waals surface area contributed by atoms with Crippen molar-refractivity contribution in [2.45, 2.75) is 56.8 Å². The number of anilines is 2. The van der Waals surface area contributed by atoms with Gasteiger partial charge in [-0.3, -0.25) is 0 Å². The summed E-state index contributed by atoms with van der Waals surface area (Å²) in [5, 5.41) is 0. The number of fused-ring (bicyclic) bond motifs is 13. The molecule has 2 fully saturated rings. The van der Waals surface area contributed by atoms with Crippen molar-refractivity contribution in [2.24, 2.45) is 29.1 Å². The minimum atomic E-state index is -0.311. The second-order valence-electron chi connectivity index (χ2n) is 20.3. The number of allylic oxidation sites excluding steroid dienone is 8. The molecule has 0 N–H and O–H groups in total. The van der Waals surface area contributed by atoms with Gasteiger partial charge in [-0.2, -0.15) is 0 Å². The number of benzene rings is 7. The van der Waals surface area contributed by atoms with Crippen molar-refractivity contribution >= 4 is 11.4 Å². The van der Waals surface area contributed by atoms with E-state index in [1.165, 1.54) is 110 Å². The number of hydrogen-bond acceptors (Lipinski definition) is 1. The summed E-state index contributed by atoms with van der Waals surface area (Å²) in [6, 6.07) is 61.2. The first-order valence-corrected chi connectivity index (χ1v) is 24.3. The van der Waals surface area contributed by atoms with Gasteiger partial charge in [-0.1, -0.05) is 203 Å². The normalized spacial score (nSPS) is 27.1. The lowest BCUT2D eigenvalue weighted by molar-refractivity contribution is 0.196. The fourth-order valence-corrected chi connectivity index (χ4v) is 15.7. The quantitative estimate of drug-likeness (QED) is 0.171. The lowest BCUT2D eigenvalue weighted by Gasteiger charge is -2.49. The number of rotatable bonds is 4. The van der Waals surface area contributed by atoms with Crippen LogP contribution >= 0.6 is 0 Å². The van der Waals surface area contributed by atoms with Gasteiger partial charge < -0.3 is 4.90 Å². The van der Waals surface area contributed by atoms with Gasteiger partial charge in [0, 0.05) is 33.7 Å². The van der Waals surface area contributed by atoms with Gasteiger partial charge in [-0.25, -0.2) is 0 Å². The van der Waals surface area contributed by atoms with Crippen LogP contribution in [0.4, 0.5) is 11.4 Å². The molecule has 65 heavy (non-hydrogen) atoms. The zero-order valence-electron chi connectivity index (χ0n) is 37.3. The van der Waals surface area contributed by atoms with E-state index in [1.807, 2.05) is 0 Å². The van der Waals surface area contributed by atoms with E-state index in [0.29, 0.717) is 11.8 Å². The molecule has 0 bridgehead atoms. The Labute approximate surface area is 384 Å². The van der Waals surface area contributed by atoms with Crippen LogP contribution in [0.15, 0.2) is 206 Å². The standard InChI is InChI=1S/C64H53N/c1-41-20-5-3-8-23-43-24-17-29-50-51-31-18-30-49-48-38-37-44(40-56(48)63(41,59(43)50)60(49)51)65(57-35-16-12-25-45(57)42-21-6-4-7-22-42)58-36-19-39-62(2)61(58)52-28-11-15-34-55(52)64(62)53-32-13-9-26-46(53)47-27-10-14-33-54(47)64/h3-10,12-14,16-22,24-27,29-33,35-41,52,55,61H,11,15,23,28,34H2,1-2H3/b8-3-,20-5-/t41?,52?,55?,61?,62?,63-/m0/s1. The molecule has 0 heterocycles. The second kappa shape index (κ2) is 13.7. The molecule has 0 amide bonds. The molecule has 0 radical (unpaired) electrons. The molecule has 7 aromatic carbocycles. The highest BCUT2D eigenvalue weighted by Gasteiger charge is 2.70. The number of para-hydroxylation sites is 1. The molecule has 7 aromatic rings. The van der Waals surface area contributed by atoms with Gasteiger partial charge in [-0.15, -0.1) is 0 Å². The number of hydrogen-bond donors (Lipinski definition) is 0. The molecule has 14 rings (SSSR count). The van der Waals surface area contributed by atoms with Crippen molar-refractivity contribution in [3.8, 4) is 44.5 Å². The third kappa shape index (κ3) is 4.64. The zero-order chi connectivity index (χ0) is 43.1. The first-order valence-electron chi connectivity index (χ1n) is 24.3. The first kappa shape index (κ1) is 37.7. The number of nitrogens with zero attached hydrogens (tertiary/aromatic N) is 1. The van der Waals surface area contributed by atoms with Crippen molar-refractivity contribution in [3.63, 3.8) is 0 Å². The Morgan fingerprint density at radius 2 is 1.20 bits per heavy atom. The largest absolute Gasteiger partial charge is 0.313 e. The Balaban J connectivity index is 1.04. The Bertz CT molecular complexity index is 3220. The fraction of sp³-hybridized carbons (Fsp3) is 0.219. The van der Waals surface area contributed by atoms with Gasteiger partial charge in [-0.05, 0) is 134 Å². The van der Waals surface area contributed by atoms with Gasteiger partial charge in [0.15, 0.2) is 0 Å². The third-order valence-corrected chi connectivity index (χ3v) is 17.7. The molecule has 0 saturated heterocycles. The molecule has 0 aromatic heterocycles. The minimum absolute atomic E-state index is 0.136. The van der Waals surface area contributed by atoms with E-state index in [-0.39, 0.29) is 28.1 Å². The monoisotopic (exact) mass is 835 g/mol. The predicted octanol–water partition coefficient (Wildman–Crippen LogP) is 16.0. The molecule has 0 aliphatic heterocycles. The molecule has 5 unspecified atom stereocenters. The van der Waals surface area contributed by atoms with E-state index < -0.39 is 0 Å². The maximum Gasteiger partial charge on any atom is 0.0539 e. The molecule has 1 heteroatoms. The van der Waals surface area contributed by atoms with Crippen LogP contribution in [0.1, 0.15) is 72.9 Å². The summed E-state index contributed by atoms with van der Waals surface area (Å²) in [6.07, 6.45) is 23.1. The van der Waals surface area contributed by atoms with Crippen LogP contribution < -0.4 is 4.90 Å². The maximum absolute atomic E-state index is 2.76. The predicted molar refractivity (Wildman–Crippen MR) is 269 cm³/mol. The summed E-state index contributed by atoms with van der Waals surface area (Å²) in [5.74, 6) is 1.56. The van der Waals surface area contributed by atoms with Crippen LogP contribution in [-0.4, -0.2) is 0 Å². The Kier molecular flexibility index (Phi) is 7.91. The minimum Gasteiger partial charge on any atom is -0.313 e. The molecule has 1 nitrogen and oxygen atoms in total. The molecule has 7 aliphatic carbocycles. The third-order valence-electron chi connectivity index (χ3n) is 17.7. The van der Waals surface area contributed by atoms with Crippen molar-refractivity contribution in [1.82, 2.24) is 0 Å². The SMILES string of the molecule is CC1/C=C\C=C/Cc2cccc3c2[C@@]12c1cc(N(C4=CC=CC5(C)C4C4CCCCC4C54c5ccccc5-c5ccccc54)c4ccccc4-c4ccccc4)ccc1-c1cccc-3c12. The van der Waals surface area contributed by atoms with Gasteiger partial charge >= 0.3 is 0 Å². The van der Waals surface area contributed by atoms with Crippen molar-refractivity contribution in [1.29, 1.82) is 0 Å². The Morgan fingerprint density at radius 1 is 0.554 bits per heavy atom. The summed E-state index contributed by atoms with van der Waals surface area (Å²) in [7, 11) is 0. The maximum atomic E-state index is 2.76. The van der Waals surface area contributed by atoms with Gasteiger partial charge in [0.25, 0.3) is 0 Å². The molecular formula is C64H53N. The van der Waals surface area contributed by atoms with E-state index in [4.69, 9.17) is 0 Å². The summed E-state index contributed by atoms with van der Waals surface area (Å²) >= 11 is 0. The average Bonchev–Trinajstić information content (AvgIpc) is 4.03. The average molecular weight is 836 g/mol. The fourth-order valence-electron chi connectivity index (χ4n) is 15.7. The van der Waals surface area contributed by atoms with E-state index >= 15 is 0 Å². The van der Waals surface area contributed by atoms with Crippen molar-refractivity contribution in [2.75, 3.05) is 4.90 Å². The van der Waals surface area contributed by atoms with Crippen molar-refractivity contribution in [3.05, 3.63) is 239 Å². The smallest absolute Gasteiger partial charge is 0.0539 e. The van der Waals surface area contributed by atoms with E-state index in [0.717, 1.165) is 6.42 Å². The van der Waals surface area contributed by atoms with Gasteiger partial charge in [0.05, 0.1) is 11.1 Å². The van der Waals surface area contributed by atoms with Crippen molar-refractivity contribution < 1.29 is 0 Å². The van der Waals surface area contributed by atoms with Crippen LogP contribution in [0.2, 0.25) is 0 Å². The van der Waals surface area contributed by atoms with Gasteiger partial charge in [0.2, 0.25) is 0 Å². The van der Waals surface area contributed by atoms with E-state index in [2.05, 4.69) is 219 Å². The van der Waals surface area contributed by atoms with Crippen LogP contribution in [0.25, 0.3) is 44.5 Å². The van der Waals surface area contributed by atoms with Crippen LogP contribution in [0.5, 0.6) is 0 Å². The van der Waals surface area contributed by atoms with Gasteiger partial charge in [0.1, 0.15) is 0 Å². The highest BCUT2D eigenvalue weighted by Crippen LogP contribution is 2.75. The summed E-state index contributed by atoms with van der Waals surface area (Å²) < 4.78 is 0. The first-order chi connectivity index (χ1) is 32.1. The van der Waals surface area contributed by atoms with Crippen LogP contribution in [0.3, 0.4) is 0 Å². The summed E-state index contributed by atoms with van der Waals surface area (Å²) in [5.41, 5.74) is 23.2. The van der Waals surface area contributed by atoms with Crippen LogP contribution in [-0.2, 0) is 17.3 Å². The lowest BCUT2D eigenvalue weighted by atomic mass is 9.54. The summed E-state index contributed by atoms with van der Waals surface area (Å²) in [6.45, 7) is 5.14. The Hall–Kier alpha value is -6.70. The Morgan fingerprint density at radius 3 is 2.00 bits per heavy atom. The summed E-state index contributed by atoms with van der Waals surface area (Å²) in [4.78, 5) is 2.76. The topological polar surface area (TPSA) is 3.24 Å². The molecule has 7 aliphatic rings. The highest BCUT2D eigenvalue weighted by atomic mass is 15.2. The van der Waals surface area contributed by atoms with E-state index in [9.17, 15) is 0 Å². The molecule has 314 valence electrons.